The molecular formula is H4AsO4RbTi. The Morgan fingerprint density at radius 3 is 1.29 bits per heavy atom. The van der Waals surface area contributed by atoms with Crippen LogP contribution in [0, 0.1) is 0 Å². The minimum Gasteiger partial charge on any atom is -1.00 e. The molecule has 0 atom stereocenters. The van der Waals surface area contributed by atoms with E-state index in [9.17, 15) is 0 Å². The summed E-state index contributed by atoms with van der Waals surface area (Å²) in [6.45, 7) is 0. The van der Waals surface area contributed by atoms with Crippen molar-refractivity contribution in [2.24, 2.45) is 0 Å². The molecule has 0 aromatic rings. The third kappa shape index (κ3) is 52.6. The molecule has 7 heavy (non-hydrogen) atoms. The van der Waals surface area contributed by atoms with Crippen LogP contribution in [0.1, 0.15) is 1.43 Å². The van der Waals surface area contributed by atoms with Crippen LogP contribution in [-0.4, -0.2) is 26.8 Å². The second-order valence-electron chi connectivity index (χ2n) is 0.513. The Morgan fingerprint density at radius 1 is 1.29 bits per heavy atom. The summed E-state index contributed by atoms with van der Waals surface area (Å²) in [6, 6.07) is 0. The van der Waals surface area contributed by atoms with E-state index in [1.807, 2.05) is 0 Å². The van der Waals surface area contributed by atoms with Crippen molar-refractivity contribution in [3.63, 3.8) is 0 Å². The molecule has 0 unspecified atom stereocenters. The Morgan fingerprint density at radius 2 is 1.29 bits per heavy atom. The van der Waals surface area contributed by atoms with Crippen LogP contribution in [0.15, 0.2) is 0 Å². The molecule has 0 fully saturated rings. The zero-order valence-electron chi connectivity index (χ0n) is 4.70. The summed E-state index contributed by atoms with van der Waals surface area (Å²) in [7, 11) is 0. The summed E-state index contributed by atoms with van der Waals surface area (Å²) < 4.78 is 30.7. The van der Waals surface area contributed by atoms with Crippen LogP contribution >= 0.6 is 0 Å². The zero-order chi connectivity index (χ0) is 4.50. The van der Waals surface area contributed by atoms with Crippen LogP contribution in [0.5, 0.6) is 0 Å². The first-order valence-electron chi connectivity index (χ1n) is 0.783. The van der Waals surface area contributed by atoms with Gasteiger partial charge in [-0.25, -0.2) is 0 Å². The van der Waals surface area contributed by atoms with Gasteiger partial charge in [0.2, 0.25) is 0 Å². The molecule has 3 N–H and O–H groups in total. The predicted molar refractivity (Wildman–Crippen MR) is 14.2 cm³/mol. The van der Waals surface area contributed by atoms with E-state index in [2.05, 4.69) is 0 Å². The summed E-state index contributed by atoms with van der Waals surface area (Å²) in [4.78, 5) is 0. The Bertz CT molecular complexity index is 62.2. The molecule has 0 aromatic heterocycles. The predicted octanol–water partition coefficient (Wildman–Crippen LogP) is -5.06. The summed E-state index contributed by atoms with van der Waals surface area (Å²) in [5.41, 5.74) is 0. The molecule has 0 heterocycles. The van der Waals surface area contributed by atoms with Crippen molar-refractivity contribution in [1.82, 2.24) is 0 Å². The van der Waals surface area contributed by atoms with Crippen LogP contribution in [0.2, 0.25) is 0 Å². The molecule has 38 valence electrons. The molecule has 0 aromatic carbocycles. The van der Waals surface area contributed by atoms with Gasteiger partial charge in [0.15, 0.2) is 0 Å². The van der Waals surface area contributed by atoms with E-state index in [1.165, 1.54) is 0 Å². The van der Waals surface area contributed by atoms with Crippen LogP contribution in [0.25, 0.3) is 0 Å². The van der Waals surface area contributed by atoms with Gasteiger partial charge in [-0.1, -0.05) is 0 Å². The second-order valence-corrected chi connectivity index (χ2v) is 2.67. The smallest absolute Gasteiger partial charge is 1.00 e. The fraction of sp³-hybridized carbons (Fsp3) is 0. The van der Waals surface area contributed by atoms with Crippen molar-refractivity contribution < 1.29 is 97.4 Å². The first kappa shape index (κ1) is 16.4. The first-order valence-corrected chi connectivity index (χ1v) is 4.07. The van der Waals surface area contributed by atoms with Gasteiger partial charge in [0.25, 0.3) is 0 Å². The van der Waals surface area contributed by atoms with Crippen LogP contribution in [0.3, 0.4) is 0 Å². The maximum absolute atomic E-state index is 8.94. The number of hydrogen-bond acceptors (Lipinski definition) is 1. The van der Waals surface area contributed by atoms with Gasteiger partial charge >= 0.3 is 88.7 Å². The van der Waals surface area contributed by atoms with Gasteiger partial charge in [0.1, 0.15) is 0 Å². The van der Waals surface area contributed by atoms with Gasteiger partial charge in [-0.2, -0.15) is 0 Å². The van der Waals surface area contributed by atoms with Crippen LogP contribution < -0.4 is 58.2 Å². The molecule has 0 aliphatic carbocycles. The molecule has 0 aliphatic rings. The van der Waals surface area contributed by atoms with Gasteiger partial charge in [-0.05, 0) is 0 Å². The summed E-state index contributed by atoms with van der Waals surface area (Å²) in [5, 5.41) is 0. The fourth-order valence-electron chi connectivity index (χ4n) is 0. The Kier molecular flexibility index (Phi) is 16.1. The van der Waals surface area contributed by atoms with E-state index < -0.39 is 14.5 Å². The van der Waals surface area contributed by atoms with Crippen molar-refractivity contribution in [2.45, 2.75) is 0 Å². The van der Waals surface area contributed by atoms with Crippen molar-refractivity contribution in [2.75, 3.05) is 0 Å². The maximum atomic E-state index is 8.94. The molecule has 0 radical (unpaired) electrons. The molecule has 0 amide bonds. The average Bonchev–Trinajstić information content (AvgIpc) is 0.722. The van der Waals surface area contributed by atoms with Crippen molar-refractivity contribution in [3.05, 3.63) is 0 Å². The van der Waals surface area contributed by atoms with Crippen molar-refractivity contribution in [1.29, 1.82) is 0 Å². The minimum absolute atomic E-state index is 0. The fourth-order valence-corrected chi connectivity index (χ4v) is 0. The molecule has 0 aliphatic heterocycles. The van der Waals surface area contributed by atoms with Gasteiger partial charge in [-0.3, -0.25) is 0 Å². The maximum Gasteiger partial charge on any atom is 1.00 e. The Hall–Kier alpha value is 2.76. The summed E-state index contributed by atoms with van der Waals surface area (Å²) >= 11 is -5.12. The molecule has 0 rings (SSSR count). The molecular weight excluding hydrogens is 272 g/mol. The summed E-state index contributed by atoms with van der Waals surface area (Å²) in [5.74, 6) is 0. The van der Waals surface area contributed by atoms with E-state index in [-0.39, 0.29) is 81.3 Å². The molecule has 0 bridgehead atoms. The van der Waals surface area contributed by atoms with E-state index in [0.717, 1.165) is 0 Å². The van der Waals surface area contributed by atoms with Crippen LogP contribution in [0.4, 0.5) is 0 Å². The Labute approximate surface area is 109 Å². The molecule has 0 saturated heterocycles. The summed E-state index contributed by atoms with van der Waals surface area (Å²) in [6.07, 6.45) is 0. The van der Waals surface area contributed by atoms with E-state index >= 15 is 0 Å². The van der Waals surface area contributed by atoms with E-state index in [4.69, 9.17) is 16.0 Å². The normalized spacial score (nSPS) is 8.43. The SMILES string of the molecule is O=[As](O)(O)O.[H-].[Rb+].[Ti]. The molecule has 7 heteroatoms. The quantitative estimate of drug-likeness (QED) is 0.387. The van der Waals surface area contributed by atoms with Crippen LogP contribution in [-0.2, 0) is 25.5 Å². The van der Waals surface area contributed by atoms with Crippen molar-refractivity contribution in [3.8, 4) is 0 Å². The average molecular weight is 276 g/mol. The monoisotopic (exact) mass is 276 g/mol. The zero-order valence-corrected chi connectivity index (χ0v) is 12.1. The molecule has 0 saturated carbocycles. The van der Waals surface area contributed by atoms with Gasteiger partial charge in [0, 0.05) is 21.7 Å². The molecule has 4 nitrogen and oxygen atoms in total. The van der Waals surface area contributed by atoms with Gasteiger partial charge < -0.3 is 1.43 Å². The third-order valence-corrected chi connectivity index (χ3v) is 0. The second kappa shape index (κ2) is 6.87. The van der Waals surface area contributed by atoms with Gasteiger partial charge in [-0.15, -0.1) is 0 Å². The molecule has 0 spiro atoms. The standard InChI is InChI=1S/AsH3O4.Rb.Ti.H/c2-1(3,4)5;;;/h(H3,2,3,4,5);;;/q;+1;;-1. The van der Waals surface area contributed by atoms with Crippen molar-refractivity contribution >= 4 is 14.5 Å². The topological polar surface area (TPSA) is 77.8 Å². The van der Waals surface area contributed by atoms with E-state index in [1.54, 1.807) is 0 Å². The van der Waals surface area contributed by atoms with Gasteiger partial charge in [0.05, 0.1) is 0 Å². The Balaban J connectivity index is -0.0000000267. The largest absolute Gasteiger partial charge is 1.00 e. The number of hydrogen-bond donors (Lipinski definition) is 3. The third-order valence-electron chi connectivity index (χ3n) is 0. The number of rotatable bonds is 0. The first-order chi connectivity index (χ1) is 2.00. The van der Waals surface area contributed by atoms with E-state index in [0.29, 0.717) is 0 Å². The minimum atomic E-state index is -5.12.